The van der Waals surface area contributed by atoms with Crippen molar-refractivity contribution >= 4 is 43.1 Å². The van der Waals surface area contributed by atoms with Crippen molar-refractivity contribution in [1.29, 1.82) is 0 Å². The molecule has 7 aromatic carbocycles. The van der Waals surface area contributed by atoms with E-state index in [-0.39, 0.29) is 5.56 Å². The highest BCUT2D eigenvalue weighted by Crippen LogP contribution is 2.43. The smallest absolute Gasteiger partial charge is 0.195 e. The molecule has 0 aromatic heterocycles. The molecule has 0 aliphatic carbocycles. The molecule has 37 heavy (non-hydrogen) atoms. The molecule has 3 heteroatoms. The minimum atomic E-state index is -1.46. The first-order valence-corrected chi connectivity index (χ1v) is 12.1. The molecule has 0 fully saturated rings. The number of fused-ring (bicyclic) bond motifs is 5. The van der Waals surface area contributed by atoms with Crippen LogP contribution in [0.1, 0.15) is 0 Å². The van der Waals surface area contributed by atoms with Crippen LogP contribution in [0.25, 0.3) is 65.3 Å². The summed E-state index contributed by atoms with van der Waals surface area (Å²) in [7, 11) is 0. The van der Waals surface area contributed by atoms with E-state index in [0.29, 0.717) is 5.56 Å². The molecule has 0 saturated heterocycles. The Balaban J connectivity index is 1.67. The van der Waals surface area contributed by atoms with E-state index in [2.05, 4.69) is 42.5 Å². The average molecular weight is 485 g/mol. The molecule has 0 unspecified atom stereocenters. The summed E-state index contributed by atoms with van der Waals surface area (Å²) in [6.45, 7) is 0. The molecule has 0 radical (unpaired) electrons. The molecular formula is C34H19F3. The molecule has 0 aliphatic heterocycles. The monoisotopic (exact) mass is 484 g/mol. The van der Waals surface area contributed by atoms with Gasteiger partial charge >= 0.3 is 0 Å². The zero-order chi connectivity index (χ0) is 25.1. The predicted molar refractivity (Wildman–Crippen MR) is 147 cm³/mol. The maximum atomic E-state index is 15.1. The number of benzene rings is 7. The third-order valence-corrected chi connectivity index (χ3v) is 7.27. The van der Waals surface area contributed by atoms with Gasteiger partial charge in [0.2, 0.25) is 0 Å². The molecule has 0 heterocycles. The van der Waals surface area contributed by atoms with Gasteiger partial charge in [-0.2, -0.15) is 0 Å². The predicted octanol–water partition coefficient (Wildman–Crippen LogP) is 10.1. The Morgan fingerprint density at radius 2 is 0.919 bits per heavy atom. The van der Waals surface area contributed by atoms with Crippen molar-refractivity contribution in [1.82, 2.24) is 0 Å². The Hall–Kier alpha value is -4.63. The van der Waals surface area contributed by atoms with Crippen molar-refractivity contribution in [2.45, 2.75) is 0 Å². The molecule has 7 rings (SSSR count). The van der Waals surface area contributed by atoms with Crippen LogP contribution < -0.4 is 0 Å². The summed E-state index contributed by atoms with van der Waals surface area (Å²) in [5.41, 5.74) is 2.65. The molecule has 0 bridgehead atoms. The summed E-state index contributed by atoms with van der Waals surface area (Å²) in [5, 5.41) is 8.11. The lowest BCUT2D eigenvalue weighted by Gasteiger charge is -2.17. The number of halogens is 3. The Morgan fingerprint density at radius 1 is 0.351 bits per heavy atom. The first kappa shape index (κ1) is 21.6. The number of rotatable bonds is 2. The van der Waals surface area contributed by atoms with E-state index >= 15 is 4.39 Å². The quantitative estimate of drug-likeness (QED) is 0.130. The molecule has 0 atom stereocenters. The van der Waals surface area contributed by atoms with E-state index in [0.717, 1.165) is 60.3 Å². The van der Waals surface area contributed by atoms with Gasteiger partial charge in [0.05, 0.1) is 0 Å². The zero-order valence-corrected chi connectivity index (χ0v) is 19.6. The van der Waals surface area contributed by atoms with E-state index in [1.165, 1.54) is 6.07 Å². The van der Waals surface area contributed by atoms with E-state index in [1.54, 1.807) is 0 Å². The van der Waals surface area contributed by atoms with Crippen molar-refractivity contribution in [2.75, 3.05) is 0 Å². The van der Waals surface area contributed by atoms with Gasteiger partial charge in [0.1, 0.15) is 0 Å². The summed E-state index contributed by atoms with van der Waals surface area (Å²) in [4.78, 5) is 0. The normalized spacial score (nSPS) is 11.6. The summed E-state index contributed by atoms with van der Waals surface area (Å²) >= 11 is 0. The van der Waals surface area contributed by atoms with E-state index in [9.17, 15) is 8.78 Å². The molecule has 0 spiro atoms. The van der Waals surface area contributed by atoms with E-state index in [4.69, 9.17) is 0 Å². The van der Waals surface area contributed by atoms with Gasteiger partial charge < -0.3 is 0 Å². The van der Waals surface area contributed by atoms with Crippen LogP contribution in [0.3, 0.4) is 0 Å². The summed E-state index contributed by atoms with van der Waals surface area (Å²) in [5.74, 6) is -3.85. The number of hydrogen-bond acceptors (Lipinski definition) is 0. The molecule has 0 N–H and O–H groups in total. The van der Waals surface area contributed by atoms with Gasteiger partial charge in [-0.3, -0.25) is 0 Å². The van der Waals surface area contributed by atoms with Crippen LogP contribution in [0.2, 0.25) is 0 Å². The van der Waals surface area contributed by atoms with Gasteiger partial charge in [-0.1, -0.05) is 91.0 Å². The molecule has 0 nitrogen and oxygen atoms in total. The largest absolute Gasteiger partial charge is 0.204 e. The van der Waals surface area contributed by atoms with Gasteiger partial charge in [0.15, 0.2) is 17.5 Å². The first-order chi connectivity index (χ1) is 18.1. The highest BCUT2D eigenvalue weighted by Gasteiger charge is 2.20. The van der Waals surface area contributed by atoms with Crippen molar-refractivity contribution in [3.8, 4) is 22.3 Å². The third-order valence-electron chi connectivity index (χ3n) is 7.27. The van der Waals surface area contributed by atoms with Crippen molar-refractivity contribution in [3.63, 3.8) is 0 Å². The fourth-order valence-electron chi connectivity index (χ4n) is 5.61. The van der Waals surface area contributed by atoms with Gasteiger partial charge in [-0.15, -0.1) is 0 Å². The van der Waals surface area contributed by atoms with Gasteiger partial charge in [-0.25, -0.2) is 13.2 Å². The average Bonchev–Trinajstić information content (AvgIpc) is 2.94. The molecular weight excluding hydrogens is 465 g/mol. The Kier molecular flexibility index (Phi) is 4.80. The molecule has 0 saturated carbocycles. The van der Waals surface area contributed by atoms with E-state index < -0.39 is 17.5 Å². The van der Waals surface area contributed by atoms with Crippen molar-refractivity contribution < 1.29 is 13.2 Å². The Morgan fingerprint density at radius 3 is 1.62 bits per heavy atom. The Labute approximate surface area is 211 Å². The van der Waals surface area contributed by atoms with Crippen LogP contribution in [0.5, 0.6) is 0 Å². The minimum absolute atomic E-state index is 0.0366. The van der Waals surface area contributed by atoms with Gasteiger partial charge in [-0.05, 0) is 84.0 Å². The lowest BCUT2D eigenvalue weighted by atomic mass is 9.86. The summed E-state index contributed by atoms with van der Waals surface area (Å²) in [6.07, 6.45) is 0. The first-order valence-electron chi connectivity index (χ1n) is 12.1. The molecule has 7 aromatic rings. The molecule has 176 valence electrons. The fraction of sp³-hybridized carbons (Fsp3) is 0. The van der Waals surface area contributed by atoms with Gasteiger partial charge in [0.25, 0.3) is 0 Å². The van der Waals surface area contributed by atoms with Crippen molar-refractivity contribution in [3.05, 3.63) is 133 Å². The maximum absolute atomic E-state index is 15.1. The SMILES string of the molecule is Fc1ccc(-c2cc3c(-c4c5ccccc5cc5ccccc45)cccc3c3ccccc23)c(F)c1F. The van der Waals surface area contributed by atoms with E-state index in [1.807, 2.05) is 60.7 Å². The lowest BCUT2D eigenvalue weighted by molar-refractivity contribution is 0.449. The highest BCUT2D eigenvalue weighted by molar-refractivity contribution is 6.22. The summed E-state index contributed by atoms with van der Waals surface area (Å²) in [6, 6.07) is 36.8. The number of hydrogen-bond donors (Lipinski definition) is 0. The Bertz CT molecular complexity index is 1970. The van der Waals surface area contributed by atoms with Crippen LogP contribution >= 0.6 is 0 Å². The third kappa shape index (κ3) is 3.24. The molecule has 0 aliphatic rings. The van der Waals surface area contributed by atoms with Crippen LogP contribution in [0.4, 0.5) is 13.2 Å². The van der Waals surface area contributed by atoms with Crippen LogP contribution in [-0.4, -0.2) is 0 Å². The topological polar surface area (TPSA) is 0 Å². The second kappa shape index (κ2) is 8.21. The zero-order valence-electron chi connectivity index (χ0n) is 19.6. The highest BCUT2D eigenvalue weighted by atomic mass is 19.2. The second-order valence-corrected chi connectivity index (χ2v) is 9.29. The second-order valence-electron chi connectivity index (χ2n) is 9.29. The van der Waals surface area contributed by atoms with Crippen LogP contribution in [0, 0.1) is 17.5 Å². The minimum Gasteiger partial charge on any atom is -0.204 e. The van der Waals surface area contributed by atoms with Crippen LogP contribution in [-0.2, 0) is 0 Å². The molecule has 0 amide bonds. The van der Waals surface area contributed by atoms with Crippen molar-refractivity contribution in [2.24, 2.45) is 0 Å². The standard InChI is InChI=1S/C34H19F3/c35-31-17-16-28(33(36)34(31)37)30-19-29-26(24-12-5-6-13-25(24)30)14-7-15-27(29)32-22-10-3-1-8-20(22)18-21-9-2-4-11-23(21)32/h1-19H. The lowest BCUT2D eigenvalue weighted by Crippen LogP contribution is -1.95. The van der Waals surface area contributed by atoms with Crippen LogP contribution in [0.15, 0.2) is 115 Å². The maximum Gasteiger partial charge on any atom is 0.195 e. The summed E-state index contributed by atoms with van der Waals surface area (Å²) < 4.78 is 43.2. The fourth-order valence-corrected chi connectivity index (χ4v) is 5.61. The van der Waals surface area contributed by atoms with Gasteiger partial charge in [0, 0.05) is 5.56 Å².